The molecule has 1 N–H and O–H groups in total. The summed E-state index contributed by atoms with van der Waals surface area (Å²) in [6, 6.07) is 2.32. The Morgan fingerprint density at radius 2 is 1.92 bits per heavy atom. The van der Waals surface area contributed by atoms with E-state index >= 15 is 0 Å². The topological polar surface area (TPSA) is 15.3 Å². The fourth-order valence-electron chi connectivity index (χ4n) is 2.62. The van der Waals surface area contributed by atoms with Gasteiger partial charge in [-0.15, -0.1) is 0 Å². The van der Waals surface area contributed by atoms with Crippen molar-refractivity contribution in [2.24, 2.45) is 0 Å². The van der Waals surface area contributed by atoms with Crippen LogP contribution in [0.4, 0.5) is 0 Å². The maximum Gasteiger partial charge on any atom is 0.0200 e. The average Bonchev–Trinajstić information content (AvgIpc) is 2.57. The second-order valence-electron chi connectivity index (χ2n) is 4.32. The molecule has 2 nitrogen and oxygen atoms in total. The molecular formula is C10H20N2S. The van der Waals surface area contributed by atoms with Gasteiger partial charge in [-0.25, -0.2) is 0 Å². The van der Waals surface area contributed by atoms with Crippen LogP contribution in [-0.2, 0) is 0 Å². The lowest BCUT2D eigenvalue weighted by Crippen LogP contribution is -2.58. The van der Waals surface area contributed by atoms with E-state index in [1.165, 1.54) is 31.0 Å². The van der Waals surface area contributed by atoms with E-state index in [1.807, 2.05) is 0 Å². The Labute approximate surface area is 85.4 Å². The third-order valence-electron chi connectivity index (χ3n) is 3.22. The van der Waals surface area contributed by atoms with E-state index in [4.69, 9.17) is 0 Å². The Kier molecular flexibility index (Phi) is 3.17. The normalized spacial score (nSPS) is 42.5. The van der Waals surface area contributed by atoms with Crippen LogP contribution in [0.5, 0.6) is 0 Å². The van der Waals surface area contributed by atoms with Gasteiger partial charge in [0.25, 0.3) is 0 Å². The summed E-state index contributed by atoms with van der Waals surface area (Å²) in [5.74, 6) is 2.72. The lowest BCUT2D eigenvalue weighted by molar-refractivity contribution is 0.0778. The van der Waals surface area contributed by atoms with E-state index in [0.717, 1.165) is 18.1 Å². The van der Waals surface area contributed by atoms with Crippen LogP contribution < -0.4 is 5.32 Å². The second-order valence-corrected chi connectivity index (χ2v) is 5.47. The maximum absolute atomic E-state index is 3.49. The minimum atomic E-state index is 0.729. The minimum Gasteiger partial charge on any atom is -0.314 e. The number of hydrogen-bond acceptors (Lipinski definition) is 3. The van der Waals surface area contributed by atoms with Crippen molar-refractivity contribution in [3.8, 4) is 0 Å². The van der Waals surface area contributed by atoms with E-state index < -0.39 is 0 Å². The zero-order valence-electron chi connectivity index (χ0n) is 8.62. The summed E-state index contributed by atoms with van der Waals surface area (Å²) in [5, 5.41) is 3.49. The molecule has 2 saturated heterocycles. The molecule has 2 aliphatic rings. The molecule has 0 amide bonds. The van der Waals surface area contributed by atoms with Gasteiger partial charge in [0.1, 0.15) is 0 Å². The highest BCUT2D eigenvalue weighted by molar-refractivity contribution is 7.99. The summed E-state index contributed by atoms with van der Waals surface area (Å²) in [7, 11) is 0. The van der Waals surface area contributed by atoms with Gasteiger partial charge in [0.05, 0.1) is 0 Å². The summed E-state index contributed by atoms with van der Waals surface area (Å²) in [6.07, 6.45) is 1.40. The number of nitrogens with one attached hydrogen (secondary N) is 1. The summed E-state index contributed by atoms with van der Waals surface area (Å²) in [6.45, 7) is 7.05. The van der Waals surface area contributed by atoms with E-state index in [9.17, 15) is 0 Å². The molecule has 13 heavy (non-hydrogen) atoms. The minimum absolute atomic E-state index is 0.729. The number of rotatable bonds is 1. The highest BCUT2D eigenvalue weighted by Gasteiger charge is 2.32. The van der Waals surface area contributed by atoms with Crippen LogP contribution in [0.3, 0.4) is 0 Å². The molecule has 0 aromatic carbocycles. The van der Waals surface area contributed by atoms with E-state index in [-0.39, 0.29) is 0 Å². The number of hydrogen-bond donors (Lipinski definition) is 1. The third-order valence-corrected chi connectivity index (χ3v) is 4.37. The Morgan fingerprint density at radius 1 is 1.23 bits per heavy atom. The van der Waals surface area contributed by atoms with Crippen molar-refractivity contribution < 1.29 is 0 Å². The summed E-state index contributed by atoms with van der Waals surface area (Å²) >= 11 is 2.12. The fraction of sp³-hybridized carbons (Fsp3) is 1.00. The fourth-order valence-corrected chi connectivity index (χ4v) is 3.84. The molecule has 2 rings (SSSR count). The van der Waals surface area contributed by atoms with Gasteiger partial charge in [0.15, 0.2) is 0 Å². The van der Waals surface area contributed by atoms with Crippen molar-refractivity contribution in [2.45, 2.75) is 38.4 Å². The van der Waals surface area contributed by atoms with Gasteiger partial charge in [-0.2, -0.15) is 11.8 Å². The first-order valence-electron chi connectivity index (χ1n) is 5.35. The third kappa shape index (κ3) is 2.03. The molecule has 3 unspecified atom stereocenters. The smallest absolute Gasteiger partial charge is 0.0200 e. The Balaban J connectivity index is 2.00. The molecule has 3 heteroatoms. The SMILES string of the molecule is CC1CNCC(C)N1C1CCSC1. The molecule has 0 aromatic heterocycles. The van der Waals surface area contributed by atoms with Crippen molar-refractivity contribution in [3.63, 3.8) is 0 Å². The molecule has 3 atom stereocenters. The highest BCUT2D eigenvalue weighted by Crippen LogP contribution is 2.26. The molecule has 0 bridgehead atoms. The average molecular weight is 200 g/mol. The Morgan fingerprint density at radius 3 is 2.46 bits per heavy atom. The molecule has 2 heterocycles. The van der Waals surface area contributed by atoms with Gasteiger partial charge in [-0.05, 0) is 26.0 Å². The van der Waals surface area contributed by atoms with Crippen molar-refractivity contribution in [1.82, 2.24) is 10.2 Å². The summed E-state index contributed by atoms with van der Waals surface area (Å²) in [5.41, 5.74) is 0. The zero-order chi connectivity index (χ0) is 9.26. The largest absolute Gasteiger partial charge is 0.314 e. The highest BCUT2D eigenvalue weighted by atomic mass is 32.2. The number of nitrogens with zero attached hydrogens (tertiary/aromatic N) is 1. The summed E-state index contributed by atoms with van der Waals surface area (Å²) in [4.78, 5) is 2.73. The van der Waals surface area contributed by atoms with Crippen molar-refractivity contribution in [3.05, 3.63) is 0 Å². The van der Waals surface area contributed by atoms with E-state index in [1.54, 1.807) is 0 Å². The molecule has 76 valence electrons. The van der Waals surface area contributed by atoms with Crippen LogP contribution in [-0.4, -0.2) is 47.6 Å². The predicted octanol–water partition coefficient (Wildman–Crippen LogP) is 1.17. The first kappa shape index (κ1) is 9.81. The molecule has 2 aliphatic heterocycles. The Hall–Kier alpha value is 0.270. The monoisotopic (exact) mass is 200 g/mol. The molecule has 0 radical (unpaired) electrons. The molecule has 0 aromatic rings. The van der Waals surface area contributed by atoms with Gasteiger partial charge in [0.2, 0.25) is 0 Å². The van der Waals surface area contributed by atoms with Gasteiger partial charge in [-0.1, -0.05) is 0 Å². The molecule has 0 saturated carbocycles. The van der Waals surface area contributed by atoms with Crippen molar-refractivity contribution >= 4 is 11.8 Å². The van der Waals surface area contributed by atoms with Crippen LogP contribution in [0, 0.1) is 0 Å². The van der Waals surface area contributed by atoms with Gasteiger partial charge < -0.3 is 5.32 Å². The van der Waals surface area contributed by atoms with Crippen LogP contribution in [0.15, 0.2) is 0 Å². The summed E-state index contributed by atoms with van der Waals surface area (Å²) < 4.78 is 0. The second kappa shape index (κ2) is 4.20. The van der Waals surface area contributed by atoms with Gasteiger partial charge >= 0.3 is 0 Å². The van der Waals surface area contributed by atoms with E-state index in [2.05, 4.69) is 35.8 Å². The lowest BCUT2D eigenvalue weighted by atomic mass is 10.1. The number of piperazine rings is 1. The van der Waals surface area contributed by atoms with Crippen LogP contribution >= 0.6 is 11.8 Å². The molecular weight excluding hydrogens is 180 g/mol. The standard InChI is InChI=1S/C10H20N2S/c1-8-5-11-6-9(2)12(8)10-3-4-13-7-10/h8-11H,3-7H2,1-2H3. The number of thioether (sulfide) groups is 1. The molecule has 0 aliphatic carbocycles. The molecule has 2 fully saturated rings. The van der Waals surface area contributed by atoms with Crippen LogP contribution in [0.1, 0.15) is 20.3 Å². The van der Waals surface area contributed by atoms with Crippen molar-refractivity contribution in [2.75, 3.05) is 24.6 Å². The first-order chi connectivity index (χ1) is 6.29. The lowest BCUT2D eigenvalue weighted by Gasteiger charge is -2.43. The predicted molar refractivity (Wildman–Crippen MR) is 59.4 cm³/mol. The van der Waals surface area contributed by atoms with Crippen molar-refractivity contribution in [1.29, 1.82) is 0 Å². The maximum atomic E-state index is 3.49. The Bertz CT molecular complexity index is 158. The quantitative estimate of drug-likeness (QED) is 0.684. The zero-order valence-corrected chi connectivity index (χ0v) is 9.44. The first-order valence-corrected chi connectivity index (χ1v) is 6.50. The van der Waals surface area contributed by atoms with Crippen LogP contribution in [0.2, 0.25) is 0 Å². The van der Waals surface area contributed by atoms with Gasteiger partial charge in [0, 0.05) is 37.0 Å². The van der Waals surface area contributed by atoms with Crippen LogP contribution in [0.25, 0.3) is 0 Å². The molecule has 0 spiro atoms. The van der Waals surface area contributed by atoms with E-state index in [0.29, 0.717) is 0 Å². The van der Waals surface area contributed by atoms with Gasteiger partial charge in [-0.3, -0.25) is 4.90 Å².